The van der Waals surface area contributed by atoms with Crippen LogP contribution in [0, 0.1) is 6.92 Å². The van der Waals surface area contributed by atoms with E-state index in [2.05, 4.69) is 22.8 Å². The Labute approximate surface area is 129 Å². The van der Waals surface area contributed by atoms with Gasteiger partial charge in [0.25, 0.3) is 0 Å². The highest BCUT2D eigenvalue weighted by Gasteiger charge is 2.45. The number of hydrogen-bond donors (Lipinski definition) is 2. The molecule has 2 N–H and O–H groups in total. The van der Waals surface area contributed by atoms with Crippen LogP contribution in [0.3, 0.4) is 0 Å². The lowest BCUT2D eigenvalue weighted by Gasteiger charge is -2.19. The molecular weight excluding hydrogens is 284 g/mol. The largest absolute Gasteiger partial charge is 0.328 e. The summed E-state index contributed by atoms with van der Waals surface area (Å²) in [5.41, 5.74) is 2.68. The molecule has 0 aliphatic heterocycles. The highest BCUT2D eigenvalue weighted by Crippen LogP contribution is 2.45. The molecule has 0 heterocycles. The molecule has 1 saturated carbocycles. The molecule has 108 valence electrons. The van der Waals surface area contributed by atoms with Crippen LogP contribution in [0.5, 0.6) is 0 Å². The van der Waals surface area contributed by atoms with Crippen molar-refractivity contribution in [2.24, 2.45) is 0 Å². The van der Waals surface area contributed by atoms with Gasteiger partial charge in [-0.1, -0.05) is 41.9 Å². The summed E-state index contributed by atoms with van der Waals surface area (Å²) in [6.45, 7) is 1.92. The summed E-state index contributed by atoms with van der Waals surface area (Å²) in [5, 5.41) is 6.65. The van der Waals surface area contributed by atoms with E-state index >= 15 is 0 Å². The molecule has 0 bridgehead atoms. The van der Waals surface area contributed by atoms with Crippen molar-refractivity contribution >= 4 is 23.3 Å². The fraction of sp³-hybridized carbons (Fsp3) is 0.235. The Morgan fingerprint density at radius 2 is 1.86 bits per heavy atom. The number of hydrogen-bond acceptors (Lipinski definition) is 1. The van der Waals surface area contributed by atoms with Crippen LogP contribution in [0.25, 0.3) is 0 Å². The third-order valence-electron chi connectivity index (χ3n) is 3.87. The molecule has 0 radical (unpaired) electrons. The van der Waals surface area contributed by atoms with Crippen LogP contribution < -0.4 is 10.6 Å². The van der Waals surface area contributed by atoms with Crippen molar-refractivity contribution in [3.63, 3.8) is 0 Å². The van der Waals surface area contributed by atoms with Gasteiger partial charge in [-0.25, -0.2) is 4.79 Å². The monoisotopic (exact) mass is 300 g/mol. The first-order valence-corrected chi connectivity index (χ1v) is 7.38. The van der Waals surface area contributed by atoms with Gasteiger partial charge in [0, 0.05) is 10.7 Å². The number of rotatable bonds is 3. The first-order valence-electron chi connectivity index (χ1n) is 7.00. The number of anilines is 1. The molecule has 0 unspecified atom stereocenters. The van der Waals surface area contributed by atoms with Gasteiger partial charge in [0.15, 0.2) is 0 Å². The Morgan fingerprint density at radius 3 is 2.48 bits per heavy atom. The molecule has 2 aromatic carbocycles. The molecule has 3 nitrogen and oxygen atoms in total. The van der Waals surface area contributed by atoms with Crippen LogP contribution in [0.2, 0.25) is 5.02 Å². The Kier molecular flexibility index (Phi) is 3.60. The number of benzene rings is 2. The minimum absolute atomic E-state index is 0.179. The highest BCUT2D eigenvalue weighted by molar-refractivity contribution is 6.30. The molecule has 3 rings (SSSR count). The third kappa shape index (κ3) is 3.03. The highest BCUT2D eigenvalue weighted by atomic mass is 35.5. The Hall–Kier alpha value is -2.00. The zero-order chi connectivity index (χ0) is 14.9. The number of halogens is 1. The van der Waals surface area contributed by atoms with E-state index in [1.165, 1.54) is 0 Å². The van der Waals surface area contributed by atoms with Crippen LogP contribution >= 0.6 is 11.6 Å². The van der Waals surface area contributed by atoms with Crippen molar-refractivity contribution in [2.75, 3.05) is 5.32 Å². The van der Waals surface area contributed by atoms with Crippen molar-refractivity contribution in [2.45, 2.75) is 25.3 Å². The zero-order valence-corrected chi connectivity index (χ0v) is 12.6. The Balaban J connectivity index is 1.70. The summed E-state index contributed by atoms with van der Waals surface area (Å²) in [6, 6.07) is 15.3. The lowest BCUT2D eigenvalue weighted by molar-refractivity contribution is 0.247. The maximum Gasteiger partial charge on any atom is 0.319 e. The zero-order valence-electron chi connectivity index (χ0n) is 11.8. The average Bonchev–Trinajstić information content (AvgIpc) is 3.24. The van der Waals surface area contributed by atoms with Gasteiger partial charge in [0.05, 0.1) is 5.54 Å². The topological polar surface area (TPSA) is 41.1 Å². The SMILES string of the molecule is Cc1cc(Cl)ccc1NC(=O)NC1(c2ccccc2)CC1. The smallest absolute Gasteiger partial charge is 0.319 e. The number of amides is 2. The fourth-order valence-electron chi connectivity index (χ4n) is 2.51. The van der Waals surface area contributed by atoms with Crippen molar-refractivity contribution in [1.82, 2.24) is 5.32 Å². The van der Waals surface area contributed by atoms with Crippen LogP contribution in [-0.4, -0.2) is 6.03 Å². The molecule has 2 amide bonds. The number of carbonyl (C=O) groups is 1. The van der Waals surface area contributed by atoms with Gasteiger partial charge in [-0.05, 0) is 49.1 Å². The fourth-order valence-corrected chi connectivity index (χ4v) is 2.73. The average molecular weight is 301 g/mol. The maximum atomic E-state index is 12.2. The second kappa shape index (κ2) is 5.41. The van der Waals surface area contributed by atoms with Gasteiger partial charge < -0.3 is 10.6 Å². The lowest BCUT2D eigenvalue weighted by Crippen LogP contribution is -2.38. The molecule has 21 heavy (non-hydrogen) atoms. The van der Waals surface area contributed by atoms with E-state index in [0.717, 1.165) is 29.7 Å². The second-order valence-electron chi connectivity index (χ2n) is 5.49. The van der Waals surface area contributed by atoms with Gasteiger partial charge in [0.2, 0.25) is 0 Å². The number of carbonyl (C=O) groups excluding carboxylic acids is 1. The van der Waals surface area contributed by atoms with Gasteiger partial charge >= 0.3 is 6.03 Å². The van der Waals surface area contributed by atoms with Crippen LogP contribution in [0.15, 0.2) is 48.5 Å². The van der Waals surface area contributed by atoms with Crippen LogP contribution in [0.1, 0.15) is 24.0 Å². The van der Waals surface area contributed by atoms with E-state index in [-0.39, 0.29) is 11.6 Å². The van der Waals surface area contributed by atoms with E-state index in [4.69, 9.17) is 11.6 Å². The van der Waals surface area contributed by atoms with Gasteiger partial charge in [-0.15, -0.1) is 0 Å². The van der Waals surface area contributed by atoms with Gasteiger partial charge in [-0.2, -0.15) is 0 Å². The summed E-state index contributed by atoms with van der Waals surface area (Å²) in [5.74, 6) is 0. The van der Waals surface area contributed by atoms with Crippen molar-refractivity contribution < 1.29 is 4.79 Å². The first-order chi connectivity index (χ1) is 10.1. The quantitative estimate of drug-likeness (QED) is 0.863. The van der Waals surface area contributed by atoms with Crippen molar-refractivity contribution in [3.8, 4) is 0 Å². The molecule has 0 atom stereocenters. The van der Waals surface area contributed by atoms with Crippen LogP contribution in [-0.2, 0) is 5.54 Å². The molecule has 4 heteroatoms. The Morgan fingerprint density at radius 1 is 1.14 bits per heavy atom. The summed E-state index contributed by atoms with van der Waals surface area (Å²) < 4.78 is 0. The molecule has 0 aromatic heterocycles. The van der Waals surface area contributed by atoms with E-state index in [9.17, 15) is 4.79 Å². The van der Waals surface area contributed by atoms with E-state index in [1.54, 1.807) is 6.07 Å². The molecule has 0 spiro atoms. The van der Waals surface area contributed by atoms with E-state index in [1.807, 2.05) is 37.3 Å². The molecular formula is C17H17ClN2O. The predicted octanol–water partition coefficient (Wildman–Crippen LogP) is 4.46. The standard InChI is InChI=1S/C17H17ClN2O/c1-12-11-14(18)7-8-15(12)19-16(21)20-17(9-10-17)13-5-3-2-4-6-13/h2-8,11H,9-10H2,1H3,(H2,19,20,21). The summed E-state index contributed by atoms with van der Waals surface area (Å²) >= 11 is 5.92. The summed E-state index contributed by atoms with van der Waals surface area (Å²) in [7, 11) is 0. The minimum Gasteiger partial charge on any atom is -0.328 e. The van der Waals surface area contributed by atoms with E-state index in [0.29, 0.717) is 5.02 Å². The van der Waals surface area contributed by atoms with Crippen molar-refractivity contribution in [1.29, 1.82) is 0 Å². The predicted molar refractivity (Wildman–Crippen MR) is 85.7 cm³/mol. The van der Waals surface area contributed by atoms with Crippen LogP contribution in [0.4, 0.5) is 10.5 Å². The van der Waals surface area contributed by atoms with Gasteiger partial charge in [0.1, 0.15) is 0 Å². The summed E-state index contributed by atoms with van der Waals surface area (Å²) in [4.78, 5) is 12.2. The van der Waals surface area contributed by atoms with E-state index < -0.39 is 0 Å². The lowest BCUT2D eigenvalue weighted by atomic mass is 10.1. The Bertz CT molecular complexity index is 666. The minimum atomic E-state index is -0.203. The second-order valence-corrected chi connectivity index (χ2v) is 5.92. The van der Waals surface area contributed by atoms with Crippen molar-refractivity contribution in [3.05, 3.63) is 64.7 Å². The first kappa shape index (κ1) is 14.0. The molecule has 1 aliphatic rings. The van der Waals surface area contributed by atoms with Gasteiger partial charge in [-0.3, -0.25) is 0 Å². The molecule has 2 aromatic rings. The molecule has 0 saturated heterocycles. The number of nitrogens with one attached hydrogen (secondary N) is 2. The molecule has 1 fully saturated rings. The number of aryl methyl sites for hydroxylation is 1. The maximum absolute atomic E-state index is 12.2. The third-order valence-corrected chi connectivity index (χ3v) is 4.10. The normalized spacial score (nSPS) is 15.3. The number of urea groups is 1. The molecule has 1 aliphatic carbocycles. The summed E-state index contributed by atoms with van der Waals surface area (Å²) in [6.07, 6.45) is 1.95.